The van der Waals surface area contributed by atoms with Crippen molar-refractivity contribution in [3.63, 3.8) is 0 Å². The van der Waals surface area contributed by atoms with Gasteiger partial charge < -0.3 is 9.64 Å². The molecule has 0 N–H and O–H groups in total. The molecule has 162 valence electrons. The third-order valence-corrected chi connectivity index (χ3v) is 5.21. The topological polar surface area (TPSA) is 93.0 Å². The van der Waals surface area contributed by atoms with Gasteiger partial charge in [0.05, 0.1) is 4.92 Å². The number of nitro groups is 1. The molecule has 0 aliphatic carbocycles. The lowest BCUT2D eigenvalue weighted by Gasteiger charge is -2.34. The molecule has 2 aromatic rings. The van der Waals surface area contributed by atoms with E-state index in [4.69, 9.17) is 16.3 Å². The van der Waals surface area contributed by atoms with Gasteiger partial charge in [0, 0.05) is 44.9 Å². The van der Waals surface area contributed by atoms with Gasteiger partial charge in [-0.2, -0.15) is 0 Å². The zero-order valence-corrected chi connectivity index (χ0v) is 17.5. The Bertz CT molecular complexity index is 972. The summed E-state index contributed by atoms with van der Waals surface area (Å²) in [5.74, 6) is -0.947. The number of hydrogen-bond acceptors (Lipinski definition) is 6. The predicted molar refractivity (Wildman–Crippen MR) is 116 cm³/mol. The van der Waals surface area contributed by atoms with Crippen LogP contribution < -0.4 is 0 Å². The lowest BCUT2D eigenvalue weighted by Crippen LogP contribution is -2.49. The van der Waals surface area contributed by atoms with E-state index in [1.165, 1.54) is 23.8 Å². The summed E-state index contributed by atoms with van der Waals surface area (Å²) in [6, 6.07) is 14.3. The van der Waals surface area contributed by atoms with E-state index in [0.29, 0.717) is 18.7 Å². The van der Waals surface area contributed by atoms with Crippen LogP contribution in [-0.2, 0) is 20.9 Å². The lowest BCUT2D eigenvalue weighted by molar-refractivity contribution is -0.384. The van der Waals surface area contributed by atoms with Crippen LogP contribution in [0.2, 0.25) is 5.02 Å². The molecule has 1 fully saturated rings. The highest BCUT2D eigenvalue weighted by Crippen LogP contribution is 2.25. The number of nitro benzene ring substituents is 1. The maximum atomic E-state index is 12.3. The van der Waals surface area contributed by atoms with E-state index in [1.54, 1.807) is 11.0 Å². The second kappa shape index (κ2) is 10.7. The number of carbonyl (C=O) groups is 2. The average Bonchev–Trinajstić information content (AvgIpc) is 2.78. The first-order valence-electron chi connectivity index (χ1n) is 9.75. The van der Waals surface area contributed by atoms with E-state index in [-0.39, 0.29) is 23.2 Å². The van der Waals surface area contributed by atoms with Gasteiger partial charge in [0.25, 0.3) is 11.6 Å². The van der Waals surface area contributed by atoms with Gasteiger partial charge >= 0.3 is 5.97 Å². The molecule has 8 nitrogen and oxygen atoms in total. The Labute approximate surface area is 184 Å². The SMILES string of the molecule is O=C(/C=C/c1ccc(Cl)c([N+](=O)[O-])c1)OCC(=O)N1CCN(Cc2ccccc2)CC1. The monoisotopic (exact) mass is 443 g/mol. The molecule has 31 heavy (non-hydrogen) atoms. The van der Waals surface area contributed by atoms with Crippen molar-refractivity contribution in [1.29, 1.82) is 0 Å². The van der Waals surface area contributed by atoms with Crippen molar-refractivity contribution >= 4 is 35.2 Å². The number of benzene rings is 2. The fourth-order valence-electron chi connectivity index (χ4n) is 3.21. The molecule has 3 rings (SSSR count). The smallest absolute Gasteiger partial charge is 0.331 e. The number of rotatable bonds is 7. The summed E-state index contributed by atoms with van der Waals surface area (Å²) in [5.41, 5.74) is 1.40. The largest absolute Gasteiger partial charge is 0.452 e. The molecule has 0 saturated carbocycles. The minimum Gasteiger partial charge on any atom is -0.452 e. The highest BCUT2D eigenvalue weighted by Gasteiger charge is 2.21. The van der Waals surface area contributed by atoms with Crippen molar-refractivity contribution < 1.29 is 19.2 Å². The Hall–Kier alpha value is -3.23. The van der Waals surface area contributed by atoms with E-state index < -0.39 is 10.9 Å². The highest BCUT2D eigenvalue weighted by atomic mass is 35.5. The minimum atomic E-state index is -0.700. The minimum absolute atomic E-state index is 0.0131. The van der Waals surface area contributed by atoms with Crippen LogP contribution in [0.3, 0.4) is 0 Å². The van der Waals surface area contributed by atoms with Crippen molar-refractivity contribution in [3.8, 4) is 0 Å². The molecule has 1 heterocycles. The van der Waals surface area contributed by atoms with E-state index in [9.17, 15) is 19.7 Å². The second-order valence-electron chi connectivity index (χ2n) is 7.05. The van der Waals surface area contributed by atoms with Crippen molar-refractivity contribution in [2.45, 2.75) is 6.54 Å². The lowest BCUT2D eigenvalue weighted by atomic mass is 10.2. The average molecular weight is 444 g/mol. The Morgan fingerprint density at radius 3 is 2.48 bits per heavy atom. The van der Waals surface area contributed by atoms with Crippen molar-refractivity contribution in [2.75, 3.05) is 32.8 Å². The molecule has 0 unspecified atom stereocenters. The first kappa shape index (κ1) is 22.5. The summed E-state index contributed by atoms with van der Waals surface area (Å²) in [7, 11) is 0. The standard InChI is InChI=1S/C22H22ClN3O5/c23-19-8-6-17(14-20(19)26(29)30)7-9-22(28)31-16-21(27)25-12-10-24(11-13-25)15-18-4-2-1-3-5-18/h1-9,14H,10-13,15-16H2/b9-7+. The maximum absolute atomic E-state index is 12.3. The molecule has 1 aliphatic rings. The molecule has 0 spiro atoms. The van der Waals surface area contributed by atoms with Gasteiger partial charge in [0.15, 0.2) is 6.61 Å². The molecule has 2 aromatic carbocycles. The van der Waals surface area contributed by atoms with Gasteiger partial charge in [-0.05, 0) is 23.3 Å². The third-order valence-electron chi connectivity index (χ3n) is 4.89. The number of ether oxygens (including phenoxy) is 1. The van der Waals surface area contributed by atoms with E-state index >= 15 is 0 Å². The van der Waals surface area contributed by atoms with Crippen LogP contribution in [-0.4, -0.2) is 59.4 Å². The van der Waals surface area contributed by atoms with Crippen molar-refractivity contribution in [1.82, 2.24) is 9.80 Å². The number of hydrogen-bond donors (Lipinski definition) is 0. The molecule has 0 atom stereocenters. The van der Waals surface area contributed by atoms with Gasteiger partial charge in [0.1, 0.15) is 5.02 Å². The molecule has 0 bridgehead atoms. The van der Waals surface area contributed by atoms with Crippen LogP contribution >= 0.6 is 11.6 Å². The van der Waals surface area contributed by atoms with Gasteiger partial charge in [-0.15, -0.1) is 0 Å². The molecule has 9 heteroatoms. The van der Waals surface area contributed by atoms with Gasteiger partial charge in [-0.3, -0.25) is 19.8 Å². The van der Waals surface area contributed by atoms with E-state index in [1.807, 2.05) is 18.2 Å². The molecule has 1 aliphatic heterocycles. The van der Waals surface area contributed by atoms with Crippen molar-refractivity contribution in [2.24, 2.45) is 0 Å². The number of halogens is 1. The zero-order valence-electron chi connectivity index (χ0n) is 16.8. The van der Waals surface area contributed by atoms with Crippen LogP contribution in [0.1, 0.15) is 11.1 Å². The maximum Gasteiger partial charge on any atom is 0.331 e. The van der Waals surface area contributed by atoms with Crippen LogP contribution in [0.25, 0.3) is 6.08 Å². The number of piperazine rings is 1. The Morgan fingerprint density at radius 1 is 1.10 bits per heavy atom. The normalized spacial score (nSPS) is 14.5. The summed E-state index contributed by atoms with van der Waals surface area (Å²) in [6.45, 7) is 3.16. The summed E-state index contributed by atoms with van der Waals surface area (Å²) in [5, 5.41) is 10.9. The Balaban J connectivity index is 1.42. The van der Waals surface area contributed by atoms with Crippen LogP contribution in [0, 0.1) is 10.1 Å². The fraction of sp³-hybridized carbons (Fsp3) is 0.273. The third kappa shape index (κ3) is 6.63. The summed E-state index contributed by atoms with van der Waals surface area (Å²) in [6.07, 6.45) is 2.50. The van der Waals surface area contributed by atoms with Crippen LogP contribution in [0.5, 0.6) is 0 Å². The molecule has 1 saturated heterocycles. The van der Waals surface area contributed by atoms with Crippen molar-refractivity contribution in [3.05, 3.63) is 80.9 Å². The zero-order chi connectivity index (χ0) is 22.2. The second-order valence-corrected chi connectivity index (χ2v) is 7.46. The van der Waals surface area contributed by atoms with Gasteiger partial charge in [-0.1, -0.05) is 48.0 Å². The van der Waals surface area contributed by atoms with Crippen LogP contribution in [0.15, 0.2) is 54.6 Å². The Kier molecular flexibility index (Phi) is 7.75. The number of nitrogens with zero attached hydrogens (tertiary/aromatic N) is 3. The summed E-state index contributed by atoms with van der Waals surface area (Å²) < 4.78 is 5.01. The Morgan fingerprint density at radius 2 is 1.81 bits per heavy atom. The molecular formula is C22H22ClN3O5. The van der Waals surface area contributed by atoms with Crippen LogP contribution in [0.4, 0.5) is 5.69 Å². The van der Waals surface area contributed by atoms with Gasteiger partial charge in [-0.25, -0.2) is 4.79 Å². The highest BCUT2D eigenvalue weighted by molar-refractivity contribution is 6.32. The molecule has 1 amide bonds. The quantitative estimate of drug-likeness (QED) is 0.282. The number of esters is 1. The molecule has 0 radical (unpaired) electrons. The first-order valence-corrected chi connectivity index (χ1v) is 10.1. The first-order chi connectivity index (χ1) is 14.9. The summed E-state index contributed by atoms with van der Waals surface area (Å²) in [4.78, 5) is 38.5. The molecular weight excluding hydrogens is 422 g/mol. The predicted octanol–water partition coefficient (Wildman–Crippen LogP) is 3.15. The molecule has 0 aromatic heterocycles. The number of amides is 1. The fourth-order valence-corrected chi connectivity index (χ4v) is 3.39. The number of carbonyl (C=O) groups excluding carboxylic acids is 2. The van der Waals surface area contributed by atoms with E-state index in [0.717, 1.165) is 25.7 Å². The van der Waals surface area contributed by atoms with E-state index in [2.05, 4.69) is 17.0 Å². The van der Waals surface area contributed by atoms with Gasteiger partial charge in [0.2, 0.25) is 0 Å². The summed E-state index contributed by atoms with van der Waals surface area (Å²) >= 11 is 5.76.